The van der Waals surface area contributed by atoms with Crippen molar-refractivity contribution in [3.05, 3.63) is 0 Å². The third-order valence-corrected chi connectivity index (χ3v) is 6.37. The van der Waals surface area contributed by atoms with E-state index in [-0.39, 0.29) is 0 Å². The van der Waals surface area contributed by atoms with E-state index in [1.807, 2.05) is 7.05 Å². The van der Waals surface area contributed by atoms with E-state index in [1.165, 1.54) is 84.2 Å². The minimum absolute atomic E-state index is 0.512. The molecule has 146 valence electrons. The first-order valence-corrected chi connectivity index (χ1v) is 10.6. The Kier molecular flexibility index (Phi) is 9.04. The van der Waals surface area contributed by atoms with Gasteiger partial charge in [0.15, 0.2) is 5.96 Å². The Morgan fingerprint density at radius 1 is 0.960 bits per heavy atom. The van der Waals surface area contributed by atoms with Gasteiger partial charge in [0.2, 0.25) is 0 Å². The van der Waals surface area contributed by atoms with Gasteiger partial charge in [-0.2, -0.15) is 0 Å². The predicted octanol–water partition coefficient (Wildman–Crippen LogP) is 2.54. The van der Waals surface area contributed by atoms with Crippen molar-refractivity contribution in [2.75, 3.05) is 59.4 Å². The summed E-state index contributed by atoms with van der Waals surface area (Å²) in [7, 11) is 1.88. The van der Waals surface area contributed by atoms with E-state index in [2.05, 4.69) is 39.3 Å². The van der Waals surface area contributed by atoms with Gasteiger partial charge in [-0.1, -0.05) is 26.7 Å². The minimum atomic E-state index is 0.512. The maximum atomic E-state index is 4.40. The van der Waals surface area contributed by atoms with Gasteiger partial charge in [0.1, 0.15) is 0 Å². The quantitative estimate of drug-likeness (QED) is 0.381. The van der Waals surface area contributed by atoms with Crippen LogP contribution in [0.15, 0.2) is 4.99 Å². The lowest BCUT2D eigenvalue weighted by Crippen LogP contribution is -2.46. The van der Waals surface area contributed by atoms with Crippen LogP contribution in [0.3, 0.4) is 0 Å². The lowest BCUT2D eigenvalue weighted by molar-refractivity contribution is 0.136. The maximum absolute atomic E-state index is 4.40. The van der Waals surface area contributed by atoms with Crippen LogP contribution in [-0.4, -0.2) is 75.2 Å². The van der Waals surface area contributed by atoms with E-state index in [9.17, 15) is 0 Å². The van der Waals surface area contributed by atoms with Crippen LogP contribution < -0.4 is 10.6 Å². The summed E-state index contributed by atoms with van der Waals surface area (Å²) in [5, 5.41) is 7.08. The molecular weight excluding hydrogens is 310 g/mol. The molecule has 2 rings (SSSR count). The van der Waals surface area contributed by atoms with E-state index in [0.717, 1.165) is 19.0 Å². The number of hydrogen-bond donors (Lipinski definition) is 2. The van der Waals surface area contributed by atoms with Gasteiger partial charge in [-0.25, -0.2) is 0 Å². The van der Waals surface area contributed by atoms with Crippen molar-refractivity contribution in [3.8, 4) is 0 Å². The van der Waals surface area contributed by atoms with Crippen LogP contribution >= 0.6 is 0 Å². The molecule has 0 radical (unpaired) electrons. The van der Waals surface area contributed by atoms with Gasteiger partial charge in [0.25, 0.3) is 0 Å². The molecule has 2 fully saturated rings. The lowest BCUT2D eigenvalue weighted by atomic mass is 9.83. The second-order valence-electron chi connectivity index (χ2n) is 7.90. The number of guanidine groups is 1. The smallest absolute Gasteiger partial charge is 0.190 e. The molecule has 2 N–H and O–H groups in total. The van der Waals surface area contributed by atoms with Gasteiger partial charge in [-0.15, -0.1) is 0 Å². The topological polar surface area (TPSA) is 42.9 Å². The molecule has 0 aromatic heterocycles. The molecule has 0 unspecified atom stereocenters. The Labute approximate surface area is 155 Å². The largest absolute Gasteiger partial charge is 0.356 e. The summed E-state index contributed by atoms with van der Waals surface area (Å²) in [6.45, 7) is 14.1. The Morgan fingerprint density at radius 2 is 1.64 bits per heavy atom. The zero-order valence-electron chi connectivity index (χ0n) is 16.9. The first kappa shape index (κ1) is 20.5. The fourth-order valence-corrected chi connectivity index (χ4v) is 4.27. The zero-order chi connectivity index (χ0) is 18.0. The molecule has 0 spiro atoms. The first-order valence-electron chi connectivity index (χ1n) is 10.6. The van der Waals surface area contributed by atoms with E-state index < -0.39 is 0 Å². The fourth-order valence-electron chi connectivity index (χ4n) is 4.27. The highest BCUT2D eigenvalue weighted by Crippen LogP contribution is 2.40. The molecule has 1 aliphatic carbocycles. The number of nitrogens with one attached hydrogen (secondary N) is 2. The summed E-state index contributed by atoms with van der Waals surface area (Å²) in [5.41, 5.74) is 0.512. The fraction of sp³-hybridized carbons (Fsp3) is 0.950. The molecule has 1 aliphatic heterocycles. The molecular formula is C20H41N5. The SMILES string of the molecule is CCN1CCN(CCCCNC(=NC)NCC2(CC)CCCC2)CC1. The second-order valence-corrected chi connectivity index (χ2v) is 7.90. The Balaban J connectivity index is 1.54. The van der Waals surface area contributed by atoms with Crippen LogP contribution in [0.2, 0.25) is 0 Å². The minimum Gasteiger partial charge on any atom is -0.356 e. The summed E-state index contributed by atoms with van der Waals surface area (Å²) in [5.74, 6) is 0.983. The van der Waals surface area contributed by atoms with Crippen molar-refractivity contribution in [3.63, 3.8) is 0 Å². The van der Waals surface area contributed by atoms with Gasteiger partial charge >= 0.3 is 0 Å². The third kappa shape index (κ3) is 6.78. The number of aliphatic imine (C=N–C) groups is 1. The van der Waals surface area contributed by atoms with Gasteiger partial charge in [0.05, 0.1) is 0 Å². The highest BCUT2D eigenvalue weighted by atomic mass is 15.3. The van der Waals surface area contributed by atoms with Crippen molar-refractivity contribution < 1.29 is 0 Å². The van der Waals surface area contributed by atoms with E-state index in [4.69, 9.17) is 0 Å². The normalized spacial score (nSPS) is 22.3. The molecule has 5 heteroatoms. The molecule has 25 heavy (non-hydrogen) atoms. The number of rotatable bonds is 9. The summed E-state index contributed by atoms with van der Waals surface area (Å²) in [4.78, 5) is 9.56. The van der Waals surface area contributed by atoms with Crippen molar-refractivity contribution in [2.45, 2.75) is 58.8 Å². The van der Waals surface area contributed by atoms with Crippen LogP contribution in [0.4, 0.5) is 0 Å². The van der Waals surface area contributed by atoms with Gasteiger partial charge in [-0.3, -0.25) is 4.99 Å². The van der Waals surface area contributed by atoms with E-state index in [0.29, 0.717) is 5.41 Å². The van der Waals surface area contributed by atoms with E-state index in [1.54, 1.807) is 0 Å². The second kappa shape index (κ2) is 11.0. The summed E-state index contributed by atoms with van der Waals surface area (Å²) >= 11 is 0. The molecule has 0 aromatic rings. The predicted molar refractivity (Wildman–Crippen MR) is 108 cm³/mol. The molecule has 0 aromatic carbocycles. The number of nitrogens with zero attached hydrogens (tertiary/aromatic N) is 3. The average Bonchev–Trinajstić information content (AvgIpc) is 3.14. The van der Waals surface area contributed by atoms with Crippen molar-refractivity contribution in [2.24, 2.45) is 10.4 Å². The monoisotopic (exact) mass is 351 g/mol. The van der Waals surface area contributed by atoms with Crippen LogP contribution in [0.25, 0.3) is 0 Å². The molecule has 0 bridgehead atoms. The molecule has 0 atom stereocenters. The van der Waals surface area contributed by atoms with Gasteiger partial charge in [0, 0.05) is 46.3 Å². The summed E-state index contributed by atoms with van der Waals surface area (Å²) < 4.78 is 0. The number of piperazine rings is 1. The maximum Gasteiger partial charge on any atom is 0.190 e. The third-order valence-electron chi connectivity index (χ3n) is 6.37. The average molecular weight is 352 g/mol. The summed E-state index contributed by atoms with van der Waals surface area (Å²) in [6.07, 6.45) is 9.31. The molecule has 1 saturated heterocycles. The van der Waals surface area contributed by atoms with Gasteiger partial charge < -0.3 is 20.4 Å². The Bertz CT molecular complexity index is 382. The summed E-state index contributed by atoms with van der Waals surface area (Å²) in [6, 6.07) is 0. The molecule has 0 amide bonds. The van der Waals surface area contributed by atoms with Crippen LogP contribution in [0, 0.1) is 5.41 Å². The number of unbranched alkanes of at least 4 members (excludes halogenated alkanes) is 1. The number of likely N-dealkylation sites (N-methyl/N-ethyl adjacent to an activating group) is 1. The van der Waals surface area contributed by atoms with Crippen LogP contribution in [0.1, 0.15) is 58.8 Å². The van der Waals surface area contributed by atoms with E-state index >= 15 is 0 Å². The van der Waals surface area contributed by atoms with Crippen molar-refractivity contribution in [1.82, 2.24) is 20.4 Å². The molecule has 5 nitrogen and oxygen atoms in total. The number of hydrogen-bond acceptors (Lipinski definition) is 3. The molecule has 2 aliphatic rings. The zero-order valence-corrected chi connectivity index (χ0v) is 16.9. The highest BCUT2D eigenvalue weighted by Gasteiger charge is 2.31. The Morgan fingerprint density at radius 3 is 2.24 bits per heavy atom. The van der Waals surface area contributed by atoms with Crippen molar-refractivity contribution >= 4 is 5.96 Å². The van der Waals surface area contributed by atoms with Crippen molar-refractivity contribution in [1.29, 1.82) is 0 Å². The molecule has 1 heterocycles. The first-order chi connectivity index (χ1) is 12.2. The van der Waals surface area contributed by atoms with Crippen LogP contribution in [0.5, 0.6) is 0 Å². The van der Waals surface area contributed by atoms with Crippen LogP contribution in [-0.2, 0) is 0 Å². The lowest BCUT2D eigenvalue weighted by Gasteiger charge is -2.34. The molecule has 1 saturated carbocycles. The standard InChI is InChI=1S/C20H41N5/c1-4-20(10-6-7-11-20)18-23-19(21-3)22-12-8-9-13-25-16-14-24(5-2)15-17-25/h4-18H2,1-3H3,(H2,21,22,23). The highest BCUT2D eigenvalue weighted by molar-refractivity contribution is 5.79. The van der Waals surface area contributed by atoms with Gasteiger partial charge in [-0.05, 0) is 50.6 Å². The Hall–Kier alpha value is -0.810.